The number of aryl methyl sites for hydroxylation is 1. The molecule has 2 aromatic carbocycles. The van der Waals surface area contributed by atoms with E-state index >= 15 is 0 Å². The van der Waals surface area contributed by atoms with Crippen LogP contribution in [0.2, 0.25) is 0 Å². The van der Waals surface area contributed by atoms with Crippen molar-refractivity contribution >= 4 is 18.1 Å². The maximum atomic E-state index is 13.7. The molecule has 1 saturated carbocycles. The second kappa shape index (κ2) is 8.27. The Kier molecular flexibility index (Phi) is 5.21. The molecule has 0 radical (unpaired) electrons. The van der Waals surface area contributed by atoms with E-state index in [-0.39, 0.29) is 17.9 Å². The fraction of sp³-hybridized carbons (Fsp3) is 0.423. The summed E-state index contributed by atoms with van der Waals surface area (Å²) in [4.78, 5) is 15.7. The summed E-state index contributed by atoms with van der Waals surface area (Å²) in [7, 11) is 0. The van der Waals surface area contributed by atoms with E-state index in [4.69, 9.17) is 21.7 Å². The molecule has 7 nitrogen and oxygen atoms in total. The van der Waals surface area contributed by atoms with Gasteiger partial charge >= 0.3 is 0 Å². The number of carbonyl (C=O) groups excluding carboxylic acids is 1. The molecule has 1 N–H and O–H groups in total. The molecule has 0 saturated heterocycles. The van der Waals surface area contributed by atoms with Crippen molar-refractivity contribution in [2.24, 2.45) is 0 Å². The smallest absolute Gasteiger partial charge is 0.243 e. The summed E-state index contributed by atoms with van der Waals surface area (Å²) in [5.41, 5.74) is 4.59. The molecule has 3 aromatic rings. The SMILES string of the molecule is Cc1ccc(-c2n[nH]c(=S)n2CC(=O)N2Cc3cc4c(cc3C3(CCCC3)C2)OCCO4)cc1. The molecule has 1 spiro atoms. The van der Waals surface area contributed by atoms with Gasteiger partial charge < -0.3 is 14.4 Å². The molecular formula is C26H28N4O3S. The molecule has 1 aromatic heterocycles. The van der Waals surface area contributed by atoms with Crippen LogP contribution in [0.1, 0.15) is 42.4 Å². The Morgan fingerprint density at radius 2 is 1.82 bits per heavy atom. The van der Waals surface area contributed by atoms with Gasteiger partial charge in [0.25, 0.3) is 0 Å². The third-order valence-corrected chi connectivity index (χ3v) is 7.78. The highest BCUT2D eigenvalue weighted by Gasteiger charge is 2.44. The molecule has 0 unspecified atom stereocenters. The lowest BCUT2D eigenvalue weighted by molar-refractivity contribution is -0.134. The predicted molar refractivity (Wildman–Crippen MR) is 131 cm³/mol. The monoisotopic (exact) mass is 476 g/mol. The minimum absolute atomic E-state index is 0.0171. The number of nitrogens with one attached hydrogen (secondary N) is 1. The van der Waals surface area contributed by atoms with Crippen molar-refractivity contribution in [3.05, 3.63) is 57.9 Å². The number of aromatic amines is 1. The zero-order chi connectivity index (χ0) is 23.3. The minimum Gasteiger partial charge on any atom is -0.486 e. The van der Waals surface area contributed by atoms with Crippen molar-refractivity contribution in [1.29, 1.82) is 0 Å². The predicted octanol–water partition coefficient (Wildman–Crippen LogP) is 4.54. The van der Waals surface area contributed by atoms with Gasteiger partial charge in [0.2, 0.25) is 5.91 Å². The first kappa shape index (κ1) is 21.4. The first-order chi connectivity index (χ1) is 16.5. The zero-order valence-electron chi connectivity index (χ0n) is 19.3. The standard InChI is InChI=1S/C26H28N4O3S/c1-17-4-6-18(7-5-17)24-27-28-25(34)30(24)15-23(31)29-14-19-12-21-22(33-11-10-32-21)13-20(19)26(16-29)8-2-3-9-26/h4-7,12-13H,2-3,8-11,14-16H2,1H3,(H,28,34). The molecule has 8 heteroatoms. The number of benzene rings is 2. The van der Waals surface area contributed by atoms with Gasteiger partial charge in [-0.2, -0.15) is 5.10 Å². The fourth-order valence-corrected chi connectivity index (χ4v) is 5.94. The van der Waals surface area contributed by atoms with Crippen LogP contribution in [0.3, 0.4) is 0 Å². The highest BCUT2D eigenvalue weighted by molar-refractivity contribution is 7.71. The van der Waals surface area contributed by atoms with Gasteiger partial charge in [-0.25, -0.2) is 0 Å². The van der Waals surface area contributed by atoms with Crippen LogP contribution < -0.4 is 9.47 Å². The highest BCUT2D eigenvalue weighted by Crippen LogP contribution is 2.49. The van der Waals surface area contributed by atoms with Gasteiger partial charge in [-0.1, -0.05) is 42.7 Å². The van der Waals surface area contributed by atoms with Crippen LogP contribution in [0, 0.1) is 11.7 Å². The van der Waals surface area contributed by atoms with Crippen LogP contribution >= 0.6 is 12.2 Å². The van der Waals surface area contributed by atoms with Crippen LogP contribution in [0.5, 0.6) is 11.5 Å². The van der Waals surface area contributed by atoms with E-state index in [2.05, 4.69) is 22.3 Å². The van der Waals surface area contributed by atoms with Crippen molar-refractivity contribution in [3.8, 4) is 22.9 Å². The van der Waals surface area contributed by atoms with Crippen molar-refractivity contribution in [2.45, 2.75) is 51.1 Å². The molecule has 34 heavy (non-hydrogen) atoms. The van der Waals surface area contributed by atoms with Crippen LogP contribution in [-0.2, 0) is 23.3 Å². The van der Waals surface area contributed by atoms with E-state index in [0.29, 0.717) is 30.4 Å². The van der Waals surface area contributed by atoms with E-state index in [1.807, 2.05) is 40.7 Å². The molecule has 2 aliphatic heterocycles. The number of nitrogens with zero attached hydrogens (tertiary/aromatic N) is 3. The van der Waals surface area contributed by atoms with Gasteiger partial charge in [-0.15, -0.1) is 0 Å². The Hall–Kier alpha value is -3.13. The Morgan fingerprint density at radius 1 is 1.12 bits per heavy atom. The Bertz CT molecular complexity index is 1300. The molecule has 176 valence electrons. The number of hydrogen-bond acceptors (Lipinski definition) is 5. The summed E-state index contributed by atoms with van der Waals surface area (Å²) in [5.74, 6) is 2.36. The van der Waals surface area contributed by atoms with Gasteiger partial charge in [-0.3, -0.25) is 14.5 Å². The number of aromatic nitrogens is 3. The van der Waals surface area contributed by atoms with E-state index in [0.717, 1.165) is 36.4 Å². The average molecular weight is 477 g/mol. The first-order valence-electron chi connectivity index (χ1n) is 12.0. The molecule has 1 amide bonds. The third kappa shape index (κ3) is 3.60. The Morgan fingerprint density at radius 3 is 2.56 bits per heavy atom. The number of carbonyl (C=O) groups is 1. The van der Waals surface area contributed by atoms with Crippen molar-refractivity contribution in [3.63, 3.8) is 0 Å². The number of fused-ring (bicyclic) bond motifs is 3. The lowest BCUT2D eigenvalue weighted by atomic mass is 9.73. The molecule has 1 aliphatic carbocycles. The number of ether oxygens (including phenoxy) is 2. The zero-order valence-corrected chi connectivity index (χ0v) is 20.1. The Labute approximate surface area is 203 Å². The fourth-order valence-electron chi connectivity index (χ4n) is 5.75. The summed E-state index contributed by atoms with van der Waals surface area (Å²) in [6, 6.07) is 12.4. The number of amides is 1. The first-order valence-corrected chi connectivity index (χ1v) is 12.4. The summed E-state index contributed by atoms with van der Waals surface area (Å²) in [6.07, 6.45) is 4.53. The van der Waals surface area contributed by atoms with E-state index in [1.165, 1.54) is 29.5 Å². The molecular weight excluding hydrogens is 448 g/mol. The summed E-state index contributed by atoms with van der Waals surface area (Å²) >= 11 is 5.49. The third-order valence-electron chi connectivity index (χ3n) is 7.47. The topological polar surface area (TPSA) is 72.4 Å². The van der Waals surface area contributed by atoms with Crippen LogP contribution in [0.25, 0.3) is 11.4 Å². The van der Waals surface area contributed by atoms with Crippen molar-refractivity contribution < 1.29 is 14.3 Å². The second-order valence-electron chi connectivity index (χ2n) is 9.69. The lowest BCUT2D eigenvalue weighted by Crippen LogP contribution is -2.47. The van der Waals surface area contributed by atoms with Gasteiger partial charge in [0.05, 0.1) is 0 Å². The van der Waals surface area contributed by atoms with E-state index in [9.17, 15) is 4.79 Å². The van der Waals surface area contributed by atoms with Gasteiger partial charge in [0.15, 0.2) is 22.1 Å². The maximum Gasteiger partial charge on any atom is 0.243 e. The average Bonchev–Trinajstić information content (AvgIpc) is 3.46. The Balaban J connectivity index is 1.32. The maximum absolute atomic E-state index is 13.7. The van der Waals surface area contributed by atoms with Crippen molar-refractivity contribution in [2.75, 3.05) is 19.8 Å². The second-order valence-corrected chi connectivity index (χ2v) is 10.1. The van der Waals surface area contributed by atoms with Crippen LogP contribution in [0.4, 0.5) is 0 Å². The quantitative estimate of drug-likeness (QED) is 0.562. The minimum atomic E-state index is -0.0171. The van der Waals surface area contributed by atoms with E-state index in [1.54, 1.807) is 0 Å². The van der Waals surface area contributed by atoms with E-state index < -0.39 is 0 Å². The van der Waals surface area contributed by atoms with Crippen molar-refractivity contribution in [1.82, 2.24) is 19.7 Å². The number of H-pyrrole nitrogens is 1. The number of rotatable bonds is 3. The van der Waals surface area contributed by atoms with Gasteiger partial charge in [0, 0.05) is 24.1 Å². The van der Waals surface area contributed by atoms with Gasteiger partial charge in [0.1, 0.15) is 19.8 Å². The van der Waals surface area contributed by atoms with Crippen LogP contribution in [0.15, 0.2) is 36.4 Å². The molecule has 0 bridgehead atoms. The molecule has 1 fully saturated rings. The summed E-state index contributed by atoms with van der Waals surface area (Å²) < 4.78 is 14.0. The molecule has 6 rings (SSSR count). The highest BCUT2D eigenvalue weighted by atomic mass is 32.1. The normalized spacial score (nSPS) is 18.2. The number of hydrogen-bond donors (Lipinski definition) is 1. The molecule has 3 aliphatic rings. The lowest BCUT2D eigenvalue weighted by Gasteiger charge is -2.43. The molecule has 0 atom stereocenters. The summed E-state index contributed by atoms with van der Waals surface area (Å²) in [5, 5.41) is 7.29. The summed E-state index contributed by atoms with van der Waals surface area (Å²) in [6.45, 7) is 4.64. The molecule has 3 heterocycles. The largest absolute Gasteiger partial charge is 0.486 e. The van der Waals surface area contributed by atoms with Crippen LogP contribution in [-0.4, -0.2) is 45.3 Å². The van der Waals surface area contributed by atoms with Gasteiger partial charge in [-0.05, 0) is 55.2 Å².